The number of nitrogens with one attached hydrogen (secondary N) is 2. The lowest BCUT2D eigenvalue weighted by Gasteiger charge is -2.37. The molecule has 0 radical (unpaired) electrons. The van der Waals surface area contributed by atoms with Crippen LogP contribution < -0.4 is 10.6 Å². The van der Waals surface area contributed by atoms with Crippen LogP contribution in [-0.4, -0.2) is 63.7 Å². The van der Waals surface area contributed by atoms with Crippen molar-refractivity contribution in [2.24, 2.45) is 5.92 Å². The number of para-hydroxylation sites is 1. The molecule has 0 aliphatic carbocycles. The van der Waals surface area contributed by atoms with Crippen molar-refractivity contribution in [1.82, 2.24) is 15.5 Å². The first-order chi connectivity index (χ1) is 21.5. The van der Waals surface area contributed by atoms with Gasteiger partial charge < -0.3 is 30.1 Å². The lowest BCUT2D eigenvalue weighted by atomic mass is 9.95. The van der Waals surface area contributed by atoms with E-state index in [1.165, 1.54) is 11.0 Å². The largest absolute Gasteiger partial charge is 0.508 e. The number of hydrogen-bond donors (Lipinski definition) is 3. The summed E-state index contributed by atoms with van der Waals surface area (Å²) in [5, 5.41) is 16.6. The SMILES string of the molecule is CCCCN(C(=O)C(NC(=O)OC(C)(C)C)C(C)CC)C(C(=O)NC(Cc1ccccc1)C(=O)OC(C)(C)C)c1ccccc1O. The number of benzene rings is 2. The molecule has 2 aromatic carbocycles. The van der Waals surface area contributed by atoms with Gasteiger partial charge in [-0.25, -0.2) is 9.59 Å². The standard InChI is InChI=1S/C36H53N3O7/c1-10-12-22-39(32(42)29(24(3)11-2)38-34(44)46-36(7,8)9)30(26-20-16-17-21-28(26)40)31(41)37-27(33(43)45-35(4,5)6)23-25-18-14-13-15-19-25/h13-21,24,27,29-30,40H,10-12,22-23H2,1-9H3,(H,37,41)(H,38,44). The second kappa shape index (κ2) is 17.0. The van der Waals surface area contributed by atoms with E-state index < -0.39 is 53.2 Å². The molecule has 0 aliphatic heterocycles. The predicted octanol–water partition coefficient (Wildman–Crippen LogP) is 6.07. The number of unbranched alkanes of at least 4 members (excludes halogenated alkanes) is 1. The number of nitrogens with zero attached hydrogens (tertiary/aromatic N) is 1. The van der Waals surface area contributed by atoms with Crippen LogP contribution in [0.1, 0.15) is 98.7 Å². The van der Waals surface area contributed by atoms with Crippen molar-refractivity contribution in [3.8, 4) is 5.75 Å². The van der Waals surface area contributed by atoms with Gasteiger partial charge in [-0.3, -0.25) is 9.59 Å². The van der Waals surface area contributed by atoms with Gasteiger partial charge in [0.05, 0.1) is 0 Å². The molecule has 254 valence electrons. The maximum atomic E-state index is 14.5. The molecule has 3 amide bonds. The van der Waals surface area contributed by atoms with Crippen LogP contribution in [0.4, 0.5) is 4.79 Å². The Morgan fingerprint density at radius 3 is 1.98 bits per heavy atom. The first-order valence-corrected chi connectivity index (χ1v) is 16.1. The average Bonchev–Trinajstić information content (AvgIpc) is 2.96. The second-order valence-electron chi connectivity index (χ2n) is 13.6. The number of ether oxygens (including phenoxy) is 2. The Balaban J connectivity index is 2.63. The Morgan fingerprint density at radius 1 is 0.848 bits per heavy atom. The van der Waals surface area contributed by atoms with E-state index >= 15 is 0 Å². The minimum absolute atomic E-state index is 0.146. The van der Waals surface area contributed by atoms with Gasteiger partial charge in [0.15, 0.2) is 0 Å². The molecule has 0 fully saturated rings. The van der Waals surface area contributed by atoms with Gasteiger partial charge in [-0.15, -0.1) is 0 Å². The maximum absolute atomic E-state index is 14.5. The van der Waals surface area contributed by atoms with E-state index in [-0.39, 0.29) is 30.2 Å². The number of rotatable bonds is 14. The Bertz CT molecular complexity index is 1300. The zero-order valence-electron chi connectivity index (χ0n) is 28.9. The number of hydrogen-bond acceptors (Lipinski definition) is 7. The van der Waals surface area contributed by atoms with Crippen LogP contribution in [0.2, 0.25) is 0 Å². The van der Waals surface area contributed by atoms with Gasteiger partial charge in [0.25, 0.3) is 0 Å². The van der Waals surface area contributed by atoms with Gasteiger partial charge in [0, 0.05) is 18.5 Å². The molecule has 0 heterocycles. The molecule has 2 aromatic rings. The van der Waals surface area contributed by atoms with Crippen LogP contribution in [-0.2, 0) is 30.3 Å². The van der Waals surface area contributed by atoms with Gasteiger partial charge in [0.1, 0.15) is 35.1 Å². The number of esters is 1. The number of aromatic hydroxyl groups is 1. The summed E-state index contributed by atoms with van der Waals surface area (Å²) >= 11 is 0. The minimum atomic E-state index is -1.33. The highest BCUT2D eigenvalue weighted by atomic mass is 16.6. The summed E-state index contributed by atoms with van der Waals surface area (Å²) in [5.74, 6) is -2.30. The molecule has 46 heavy (non-hydrogen) atoms. The molecule has 4 unspecified atom stereocenters. The summed E-state index contributed by atoms with van der Waals surface area (Å²) in [5.41, 5.74) is -0.612. The van der Waals surface area contributed by atoms with Crippen molar-refractivity contribution in [3.05, 3.63) is 65.7 Å². The third-order valence-corrected chi connectivity index (χ3v) is 7.27. The summed E-state index contributed by atoms with van der Waals surface area (Å²) in [6, 6.07) is 12.1. The smallest absolute Gasteiger partial charge is 0.408 e. The van der Waals surface area contributed by atoms with E-state index in [9.17, 15) is 24.3 Å². The van der Waals surface area contributed by atoms with E-state index in [4.69, 9.17) is 9.47 Å². The fourth-order valence-corrected chi connectivity index (χ4v) is 4.83. The van der Waals surface area contributed by atoms with Crippen molar-refractivity contribution in [3.63, 3.8) is 0 Å². The number of carbonyl (C=O) groups is 4. The van der Waals surface area contributed by atoms with Crippen LogP contribution in [0, 0.1) is 5.92 Å². The van der Waals surface area contributed by atoms with E-state index in [0.717, 1.165) is 5.56 Å². The maximum Gasteiger partial charge on any atom is 0.408 e. The van der Waals surface area contributed by atoms with Gasteiger partial charge in [-0.1, -0.05) is 82.1 Å². The lowest BCUT2D eigenvalue weighted by Crippen LogP contribution is -2.56. The second-order valence-corrected chi connectivity index (χ2v) is 13.6. The first kappa shape index (κ1) is 38.1. The summed E-state index contributed by atoms with van der Waals surface area (Å²) in [4.78, 5) is 56.6. The van der Waals surface area contributed by atoms with Gasteiger partial charge >= 0.3 is 12.1 Å². The molecule has 0 bridgehead atoms. The molecular weight excluding hydrogens is 586 g/mol. The zero-order valence-corrected chi connectivity index (χ0v) is 28.9. The van der Waals surface area contributed by atoms with Crippen molar-refractivity contribution in [2.45, 2.75) is 117 Å². The average molecular weight is 640 g/mol. The van der Waals surface area contributed by atoms with Crippen molar-refractivity contribution >= 4 is 23.9 Å². The number of phenols is 1. The molecule has 0 aromatic heterocycles. The Kier molecular flexibility index (Phi) is 14.1. The normalized spacial score (nSPS) is 14.3. The highest BCUT2D eigenvalue weighted by Gasteiger charge is 2.40. The minimum Gasteiger partial charge on any atom is -0.508 e. The highest BCUT2D eigenvalue weighted by Crippen LogP contribution is 2.31. The van der Waals surface area contributed by atoms with Crippen LogP contribution in [0.15, 0.2) is 54.6 Å². The quantitative estimate of drug-likeness (QED) is 0.214. The van der Waals surface area contributed by atoms with Crippen molar-refractivity contribution in [1.29, 1.82) is 0 Å². The zero-order chi connectivity index (χ0) is 34.7. The fraction of sp³-hybridized carbons (Fsp3) is 0.556. The number of amides is 3. The van der Waals surface area contributed by atoms with E-state index in [2.05, 4.69) is 10.6 Å². The monoisotopic (exact) mass is 639 g/mol. The fourth-order valence-electron chi connectivity index (χ4n) is 4.83. The van der Waals surface area contributed by atoms with Crippen molar-refractivity contribution in [2.75, 3.05) is 6.54 Å². The van der Waals surface area contributed by atoms with E-state index in [1.54, 1.807) is 59.7 Å². The molecule has 0 saturated carbocycles. The highest BCUT2D eigenvalue weighted by molar-refractivity contribution is 5.94. The third kappa shape index (κ3) is 12.0. The van der Waals surface area contributed by atoms with Crippen molar-refractivity contribution < 1.29 is 33.8 Å². The molecule has 4 atom stereocenters. The molecule has 0 spiro atoms. The summed E-state index contributed by atoms with van der Waals surface area (Å²) < 4.78 is 11.1. The van der Waals surface area contributed by atoms with E-state index in [0.29, 0.717) is 19.3 Å². The topological polar surface area (TPSA) is 134 Å². The molecule has 10 heteroatoms. The Hall–Kier alpha value is -4.08. The van der Waals surface area contributed by atoms with Gasteiger partial charge in [0.2, 0.25) is 11.8 Å². The number of alkyl carbamates (subject to hydrolysis) is 1. The third-order valence-electron chi connectivity index (χ3n) is 7.27. The van der Waals surface area contributed by atoms with Crippen LogP contribution in [0.5, 0.6) is 5.75 Å². The number of phenolic OH excluding ortho intramolecular Hbond substituents is 1. The molecule has 10 nitrogen and oxygen atoms in total. The van der Waals surface area contributed by atoms with Crippen LogP contribution >= 0.6 is 0 Å². The van der Waals surface area contributed by atoms with E-state index in [1.807, 2.05) is 51.1 Å². The molecule has 0 saturated heterocycles. The van der Waals surface area contributed by atoms with Crippen LogP contribution in [0.25, 0.3) is 0 Å². The molecule has 3 N–H and O–H groups in total. The summed E-state index contributed by atoms with van der Waals surface area (Å²) in [7, 11) is 0. The lowest BCUT2D eigenvalue weighted by molar-refractivity contribution is -0.159. The van der Waals surface area contributed by atoms with Gasteiger partial charge in [-0.05, 0) is 65.5 Å². The summed E-state index contributed by atoms with van der Waals surface area (Å²) in [6.45, 7) is 16.3. The van der Waals surface area contributed by atoms with Gasteiger partial charge in [-0.2, -0.15) is 0 Å². The Labute approximate surface area is 274 Å². The van der Waals surface area contributed by atoms with Crippen LogP contribution in [0.3, 0.4) is 0 Å². The summed E-state index contributed by atoms with van der Waals surface area (Å²) in [6.07, 6.45) is 1.20. The molecule has 2 rings (SSSR count). The first-order valence-electron chi connectivity index (χ1n) is 16.1. The molecular formula is C36H53N3O7. The predicted molar refractivity (Wildman–Crippen MR) is 178 cm³/mol. The molecule has 0 aliphatic rings. The Morgan fingerprint density at radius 2 is 1.43 bits per heavy atom. The number of carbonyl (C=O) groups excluding carboxylic acids is 4.